The van der Waals surface area contributed by atoms with Crippen molar-refractivity contribution >= 4 is 0 Å². The first-order chi connectivity index (χ1) is 5.02. The molecule has 0 bridgehead atoms. The average molecular weight is 155 g/mol. The zero-order valence-corrected chi connectivity index (χ0v) is 7.72. The smallest absolute Gasteiger partial charge is 0.106 e. The third kappa shape index (κ3) is 3.71. The summed E-state index contributed by atoms with van der Waals surface area (Å²) in [6, 6.07) is 0. The van der Waals surface area contributed by atoms with E-state index in [1.54, 1.807) is 0 Å². The third-order valence-electron chi connectivity index (χ3n) is 1.27. The van der Waals surface area contributed by atoms with E-state index >= 15 is 0 Å². The SMILES string of the molecule is C/C=C(\O/C=C\N)C(C)(C)C. The van der Waals surface area contributed by atoms with Crippen molar-refractivity contribution in [1.29, 1.82) is 0 Å². The molecule has 0 radical (unpaired) electrons. The van der Waals surface area contributed by atoms with Gasteiger partial charge in [-0.1, -0.05) is 20.8 Å². The van der Waals surface area contributed by atoms with Gasteiger partial charge < -0.3 is 10.5 Å². The molecule has 0 aromatic carbocycles. The van der Waals surface area contributed by atoms with Gasteiger partial charge in [-0.15, -0.1) is 0 Å². The van der Waals surface area contributed by atoms with Gasteiger partial charge in [-0.2, -0.15) is 0 Å². The van der Waals surface area contributed by atoms with Gasteiger partial charge in [0.2, 0.25) is 0 Å². The first-order valence-corrected chi connectivity index (χ1v) is 3.72. The molecule has 0 amide bonds. The van der Waals surface area contributed by atoms with Gasteiger partial charge in [-0.05, 0) is 13.0 Å². The van der Waals surface area contributed by atoms with Crippen LogP contribution in [0.5, 0.6) is 0 Å². The Kier molecular flexibility index (Phi) is 3.72. The molecule has 0 aliphatic heterocycles. The molecule has 0 aliphatic carbocycles. The monoisotopic (exact) mass is 155 g/mol. The van der Waals surface area contributed by atoms with Crippen LogP contribution in [0.15, 0.2) is 24.3 Å². The summed E-state index contributed by atoms with van der Waals surface area (Å²) >= 11 is 0. The molecule has 0 unspecified atom stereocenters. The number of hydrogen-bond donors (Lipinski definition) is 1. The lowest BCUT2D eigenvalue weighted by atomic mass is 9.94. The molecule has 0 spiro atoms. The highest BCUT2D eigenvalue weighted by molar-refractivity contribution is 5.02. The summed E-state index contributed by atoms with van der Waals surface area (Å²) in [4.78, 5) is 0. The molecule has 0 aromatic heterocycles. The van der Waals surface area contributed by atoms with Crippen LogP contribution in [0.4, 0.5) is 0 Å². The highest BCUT2D eigenvalue weighted by Gasteiger charge is 2.16. The Morgan fingerprint density at radius 2 is 1.91 bits per heavy atom. The van der Waals surface area contributed by atoms with Crippen LogP contribution in [-0.4, -0.2) is 0 Å². The standard InChI is InChI=1S/C9H17NO/c1-5-8(9(2,3)4)11-7-6-10/h5-7H,10H2,1-4H3/b7-6-,8-5-. The minimum atomic E-state index is 0.0499. The number of nitrogens with two attached hydrogens (primary N) is 1. The Balaban J connectivity index is 4.21. The van der Waals surface area contributed by atoms with Crippen molar-refractivity contribution in [1.82, 2.24) is 0 Å². The van der Waals surface area contributed by atoms with E-state index in [1.807, 2.05) is 13.0 Å². The lowest BCUT2D eigenvalue weighted by Gasteiger charge is -2.20. The van der Waals surface area contributed by atoms with E-state index in [0.717, 1.165) is 5.76 Å². The van der Waals surface area contributed by atoms with E-state index in [4.69, 9.17) is 10.5 Å². The summed E-state index contributed by atoms with van der Waals surface area (Å²) in [5.74, 6) is 0.930. The molecule has 0 aliphatic rings. The molecule has 0 atom stereocenters. The van der Waals surface area contributed by atoms with Crippen molar-refractivity contribution in [3.05, 3.63) is 24.3 Å². The van der Waals surface area contributed by atoms with Gasteiger partial charge in [-0.25, -0.2) is 0 Å². The Morgan fingerprint density at radius 3 is 2.18 bits per heavy atom. The molecule has 2 nitrogen and oxygen atoms in total. The van der Waals surface area contributed by atoms with Crippen LogP contribution < -0.4 is 5.73 Å². The molecule has 0 saturated heterocycles. The predicted octanol–water partition coefficient (Wildman–Crippen LogP) is 2.38. The summed E-state index contributed by atoms with van der Waals surface area (Å²) in [5.41, 5.74) is 5.19. The van der Waals surface area contributed by atoms with Gasteiger partial charge >= 0.3 is 0 Å². The van der Waals surface area contributed by atoms with Gasteiger partial charge in [0.15, 0.2) is 0 Å². The number of rotatable bonds is 2. The number of ether oxygens (including phenoxy) is 1. The second kappa shape index (κ2) is 4.06. The summed E-state index contributed by atoms with van der Waals surface area (Å²) in [6.07, 6.45) is 4.82. The molecule has 0 aromatic rings. The number of allylic oxidation sites excluding steroid dienone is 2. The van der Waals surface area contributed by atoms with Crippen LogP contribution in [0.3, 0.4) is 0 Å². The maximum atomic E-state index is 5.26. The molecule has 0 fully saturated rings. The average Bonchev–Trinajstić information content (AvgIpc) is 1.87. The minimum Gasteiger partial charge on any atom is -0.468 e. The van der Waals surface area contributed by atoms with E-state index in [1.165, 1.54) is 12.5 Å². The molecule has 0 heterocycles. The van der Waals surface area contributed by atoms with Crippen molar-refractivity contribution in [2.24, 2.45) is 11.1 Å². The molecule has 0 rings (SSSR count). The maximum Gasteiger partial charge on any atom is 0.106 e. The number of hydrogen-bond acceptors (Lipinski definition) is 2. The van der Waals surface area contributed by atoms with Gasteiger partial charge in [0.1, 0.15) is 12.0 Å². The summed E-state index contributed by atoms with van der Waals surface area (Å²) in [6.45, 7) is 8.22. The fourth-order valence-electron chi connectivity index (χ4n) is 0.790. The van der Waals surface area contributed by atoms with E-state index in [9.17, 15) is 0 Å². The predicted molar refractivity (Wildman–Crippen MR) is 47.6 cm³/mol. The Bertz CT molecular complexity index is 163. The van der Waals surface area contributed by atoms with Crippen LogP contribution in [0.1, 0.15) is 27.7 Å². The van der Waals surface area contributed by atoms with Crippen LogP contribution in [-0.2, 0) is 4.74 Å². The lowest BCUT2D eigenvalue weighted by molar-refractivity contribution is 0.244. The third-order valence-corrected chi connectivity index (χ3v) is 1.27. The molecule has 0 saturated carbocycles. The first kappa shape index (κ1) is 10.1. The van der Waals surface area contributed by atoms with Crippen LogP contribution >= 0.6 is 0 Å². The van der Waals surface area contributed by atoms with E-state index < -0.39 is 0 Å². The second-order valence-electron chi connectivity index (χ2n) is 3.35. The van der Waals surface area contributed by atoms with Crippen molar-refractivity contribution in [3.63, 3.8) is 0 Å². The minimum absolute atomic E-state index is 0.0499. The molecule has 2 N–H and O–H groups in total. The fraction of sp³-hybridized carbons (Fsp3) is 0.556. The molecule has 64 valence electrons. The van der Waals surface area contributed by atoms with Gasteiger partial charge in [0, 0.05) is 11.6 Å². The molecule has 11 heavy (non-hydrogen) atoms. The zero-order valence-electron chi connectivity index (χ0n) is 7.72. The second-order valence-corrected chi connectivity index (χ2v) is 3.35. The molecule has 2 heteroatoms. The van der Waals surface area contributed by atoms with Gasteiger partial charge in [0.25, 0.3) is 0 Å². The Morgan fingerprint density at radius 1 is 1.36 bits per heavy atom. The maximum absolute atomic E-state index is 5.26. The van der Waals surface area contributed by atoms with Crippen molar-refractivity contribution in [3.8, 4) is 0 Å². The van der Waals surface area contributed by atoms with Crippen LogP contribution in [0.25, 0.3) is 0 Å². The molecular formula is C9H17NO. The van der Waals surface area contributed by atoms with E-state index in [-0.39, 0.29) is 5.41 Å². The largest absolute Gasteiger partial charge is 0.468 e. The summed E-state index contributed by atoms with van der Waals surface area (Å²) in [7, 11) is 0. The highest BCUT2D eigenvalue weighted by Crippen LogP contribution is 2.25. The summed E-state index contributed by atoms with van der Waals surface area (Å²) in [5, 5.41) is 0. The van der Waals surface area contributed by atoms with Gasteiger partial charge in [0.05, 0.1) is 0 Å². The Labute approximate surface area is 68.7 Å². The van der Waals surface area contributed by atoms with E-state index in [0.29, 0.717) is 0 Å². The topological polar surface area (TPSA) is 35.2 Å². The van der Waals surface area contributed by atoms with E-state index in [2.05, 4.69) is 20.8 Å². The first-order valence-electron chi connectivity index (χ1n) is 3.72. The lowest BCUT2D eigenvalue weighted by Crippen LogP contribution is -2.10. The van der Waals surface area contributed by atoms with Gasteiger partial charge in [-0.3, -0.25) is 0 Å². The summed E-state index contributed by atoms with van der Waals surface area (Å²) < 4.78 is 5.26. The van der Waals surface area contributed by atoms with Crippen molar-refractivity contribution in [2.45, 2.75) is 27.7 Å². The van der Waals surface area contributed by atoms with Crippen LogP contribution in [0, 0.1) is 5.41 Å². The quantitative estimate of drug-likeness (QED) is 0.621. The fourth-order valence-corrected chi connectivity index (χ4v) is 0.790. The highest BCUT2D eigenvalue weighted by atomic mass is 16.5. The molecular weight excluding hydrogens is 138 g/mol. The zero-order chi connectivity index (χ0) is 8.91. The van der Waals surface area contributed by atoms with Crippen molar-refractivity contribution < 1.29 is 4.74 Å². The normalized spacial score (nSPS) is 14.0. The van der Waals surface area contributed by atoms with Crippen molar-refractivity contribution in [2.75, 3.05) is 0 Å². The van der Waals surface area contributed by atoms with Crippen LogP contribution in [0.2, 0.25) is 0 Å². The Hall–Kier alpha value is -0.920.